The van der Waals surface area contributed by atoms with Gasteiger partial charge in [0.1, 0.15) is 11.3 Å². The molecule has 0 saturated carbocycles. The Morgan fingerprint density at radius 2 is 1.91 bits per heavy atom. The monoisotopic (exact) mass is 478 g/mol. The molecule has 180 valence electrons. The van der Waals surface area contributed by atoms with Crippen LogP contribution < -0.4 is 11.5 Å². The molecule has 1 aromatic heterocycles. The summed E-state index contributed by atoms with van der Waals surface area (Å²) in [5.74, 6) is -0.0925. The van der Waals surface area contributed by atoms with Crippen molar-refractivity contribution in [1.82, 2.24) is 9.97 Å². The summed E-state index contributed by atoms with van der Waals surface area (Å²) in [6.07, 6.45) is -2.07. The summed E-state index contributed by atoms with van der Waals surface area (Å²) in [5.41, 5.74) is 8.33. The van der Waals surface area contributed by atoms with Crippen molar-refractivity contribution < 1.29 is 22.7 Å². The summed E-state index contributed by atoms with van der Waals surface area (Å²) in [4.78, 5) is 7.47. The minimum absolute atomic E-state index is 0.0716. The zero-order valence-corrected chi connectivity index (χ0v) is 19.7. The standard InChI is InChI=1S/C22H31ClF4N4O/c1-6-20(5,15(4)13(2)7-8-14(3)24)12-21(32,22(25,26)27)10-17(28)9-16-11-30-19(29)31-18(16)23/h7-9,11,14,32H,6,10,12,28H2,1-5H3,(H2,29,30,31)/b8-7-,15-13+,17-9-. The highest BCUT2D eigenvalue weighted by Gasteiger charge is 2.56. The fourth-order valence-corrected chi connectivity index (χ4v) is 3.57. The molecule has 0 spiro atoms. The van der Waals surface area contributed by atoms with Crippen LogP contribution in [0.5, 0.6) is 0 Å². The van der Waals surface area contributed by atoms with Crippen LogP contribution in [0, 0.1) is 5.41 Å². The number of aliphatic hydroxyl groups is 1. The maximum absolute atomic E-state index is 14.0. The highest BCUT2D eigenvalue weighted by molar-refractivity contribution is 6.30. The molecule has 5 nitrogen and oxygen atoms in total. The van der Waals surface area contributed by atoms with Gasteiger partial charge in [0.25, 0.3) is 0 Å². The third-order valence-electron chi connectivity index (χ3n) is 5.72. The molecular formula is C22H31ClF4N4O. The lowest BCUT2D eigenvalue weighted by Gasteiger charge is -2.40. The third kappa shape index (κ3) is 7.20. The van der Waals surface area contributed by atoms with Crippen molar-refractivity contribution in [3.8, 4) is 0 Å². The molecule has 1 aromatic rings. The molecule has 10 heteroatoms. The Morgan fingerprint density at radius 3 is 2.38 bits per heavy atom. The van der Waals surface area contributed by atoms with Gasteiger partial charge in [0.2, 0.25) is 5.95 Å². The van der Waals surface area contributed by atoms with E-state index in [0.717, 1.165) is 0 Å². The molecule has 0 radical (unpaired) electrons. The van der Waals surface area contributed by atoms with Gasteiger partial charge in [0, 0.05) is 23.9 Å². The van der Waals surface area contributed by atoms with E-state index < -0.39 is 36.2 Å². The summed E-state index contributed by atoms with van der Waals surface area (Å²) in [6.45, 7) is 8.12. The van der Waals surface area contributed by atoms with Gasteiger partial charge < -0.3 is 16.6 Å². The molecule has 0 amide bonds. The second kappa shape index (κ2) is 10.7. The van der Waals surface area contributed by atoms with Crippen molar-refractivity contribution >= 4 is 23.6 Å². The van der Waals surface area contributed by atoms with Gasteiger partial charge in [-0.25, -0.2) is 14.4 Å². The smallest absolute Gasteiger partial charge is 0.402 e. The molecule has 3 unspecified atom stereocenters. The highest BCUT2D eigenvalue weighted by atomic mass is 35.5. The zero-order valence-electron chi connectivity index (χ0n) is 18.9. The van der Waals surface area contributed by atoms with Crippen molar-refractivity contribution in [2.45, 2.75) is 71.8 Å². The first-order valence-electron chi connectivity index (χ1n) is 10.1. The molecule has 3 atom stereocenters. The van der Waals surface area contributed by atoms with E-state index in [1.54, 1.807) is 27.7 Å². The van der Waals surface area contributed by atoms with Gasteiger partial charge in [-0.2, -0.15) is 13.2 Å². The minimum Gasteiger partial charge on any atom is -0.402 e. The Bertz CT molecular complexity index is 898. The van der Waals surface area contributed by atoms with Gasteiger partial charge in [-0.15, -0.1) is 0 Å². The first-order valence-corrected chi connectivity index (χ1v) is 10.5. The van der Waals surface area contributed by atoms with E-state index >= 15 is 0 Å². The molecule has 1 rings (SSSR count). The predicted molar refractivity (Wildman–Crippen MR) is 120 cm³/mol. The van der Waals surface area contributed by atoms with Gasteiger partial charge in [-0.3, -0.25) is 0 Å². The molecule has 5 N–H and O–H groups in total. The Morgan fingerprint density at radius 1 is 1.31 bits per heavy atom. The SMILES string of the molecule is CCC(C)(CC(O)(C/C(N)=C/c1cnc(N)nc1Cl)C(F)(F)F)/C(C)=C(C)/C=C\C(C)F. The fourth-order valence-electron chi connectivity index (χ4n) is 3.38. The quantitative estimate of drug-likeness (QED) is 0.238. The number of alkyl halides is 4. The lowest BCUT2D eigenvalue weighted by molar-refractivity contribution is -0.268. The molecule has 0 aliphatic rings. The predicted octanol–water partition coefficient (Wildman–Crippen LogP) is 5.75. The van der Waals surface area contributed by atoms with Crippen LogP contribution in [0.3, 0.4) is 0 Å². The number of nitrogens with two attached hydrogens (primary N) is 2. The minimum atomic E-state index is -4.96. The van der Waals surface area contributed by atoms with Crippen molar-refractivity contribution in [1.29, 1.82) is 0 Å². The van der Waals surface area contributed by atoms with E-state index in [0.29, 0.717) is 17.6 Å². The van der Waals surface area contributed by atoms with E-state index in [1.165, 1.54) is 31.3 Å². The van der Waals surface area contributed by atoms with Gasteiger partial charge in [0.15, 0.2) is 5.60 Å². The fraction of sp³-hybridized carbons (Fsp3) is 0.545. The molecule has 0 fully saturated rings. The van der Waals surface area contributed by atoms with Gasteiger partial charge in [0.05, 0.1) is 0 Å². The number of aromatic nitrogens is 2. The van der Waals surface area contributed by atoms with Crippen LogP contribution in [0.25, 0.3) is 6.08 Å². The molecular weight excluding hydrogens is 448 g/mol. The highest BCUT2D eigenvalue weighted by Crippen LogP contribution is 2.47. The molecule has 1 heterocycles. The second-order valence-corrected chi connectivity index (χ2v) is 8.69. The van der Waals surface area contributed by atoms with Crippen LogP contribution in [0.4, 0.5) is 23.5 Å². The number of nitrogens with zero attached hydrogens (tertiary/aromatic N) is 2. The summed E-state index contributed by atoms with van der Waals surface area (Å²) < 4.78 is 55.3. The van der Waals surface area contributed by atoms with Crippen LogP contribution >= 0.6 is 11.6 Å². The number of anilines is 1. The Hall–Kier alpha value is -2.13. The average molecular weight is 479 g/mol. The average Bonchev–Trinajstić information content (AvgIpc) is 2.66. The molecule has 0 aromatic carbocycles. The maximum atomic E-state index is 14.0. The number of halogens is 5. The number of hydrogen-bond acceptors (Lipinski definition) is 5. The second-order valence-electron chi connectivity index (χ2n) is 8.34. The van der Waals surface area contributed by atoms with Crippen LogP contribution in [0.2, 0.25) is 5.15 Å². The summed E-state index contributed by atoms with van der Waals surface area (Å²) >= 11 is 5.94. The normalized spacial score (nSPS) is 18.8. The van der Waals surface area contributed by atoms with Crippen molar-refractivity contribution in [3.63, 3.8) is 0 Å². The summed E-state index contributed by atoms with van der Waals surface area (Å²) in [7, 11) is 0. The van der Waals surface area contributed by atoms with Crippen molar-refractivity contribution in [3.05, 3.63) is 45.9 Å². The number of nitrogen functional groups attached to an aromatic ring is 1. The van der Waals surface area contributed by atoms with E-state index in [9.17, 15) is 22.7 Å². The lowest BCUT2D eigenvalue weighted by atomic mass is 9.69. The topological polar surface area (TPSA) is 98.0 Å². The third-order valence-corrected chi connectivity index (χ3v) is 6.03. The van der Waals surface area contributed by atoms with Crippen molar-refractivity contribution in [2.24, 2.45) is 11.1 Å². The number of hydrogen-bond donors (Lipinski definition) is 3. The van der Waals surface area contributed by atoms with Crippen molar-refractivity contribution in [2.75, 3.05) is 5.73 Å². The van der Waals surface area contributed by atoms with Gasteiger partial charge in [-0.1, -0.05) is 48.7 Å². The van der Waals surface area contributed by atoms with Crippen LogP contribution in [-0.2, 0) is 0 Å². The van der Waals surface area contributed by atoms with Gasteiger partial charge >= 0.3 is 6.18 Å². The molecule has 32 heavy (non-hydrogen) atoms. The maximum Gasteiger partial charge on any atom is 0.417 e. The lowest BCUT2D eigenvalue weighted by Crippen LogP contribution is -2.49. The number of allylic oxidation sites excluding steroid dienone is 4. The van der Waals surface area contributed by atoms with E-state index in [-0.39, 0.29) is 22.4 Å². The summed E-state index contributed by atoms with van der Waals surface area (Å²) in [6, 6.07) is 0. The van der Waals surface area contributed by atoms with Crippen LogP contribution in [-0.4, -0.2) is 33.0 Å². The van der Waals surface area contributed by atoms with E-state index in [4.69, 9.17) is 23.1 Å². The molecule has 0 saturated heterocycles. The molecule has 0 aliphatic heterocycles. The summed E-state index contributed by atoms with van der Waals surface area (Å²) in [5, 5.41) is 10.7. The Balaban J connectivity index is 3.36. The number of rotatable bonds is 9. The first kappa shape index (κ1) is 27.9. The molecule has 0 aliphatic carbocycles. The Kier molecular flexibility index (Phi) is 9.29. The molecule has 0 bridgehead atoms. The van der Waals surface area contributed by atoms with E-state index in [1.807, 2.05) is 0 Å². The van der Waals surface area contributed by atoms with Crippen LogP contribution in [0.15, 0.2) is 35.2 Å². The largest absolute Gasteiger partial charge is 0.417 e. The zero-order chi connectivity index (χ0) is 24.9. The van der Waals surface area contributed by atoms with Gasteiger partial charge in [-0.05, 0) is 45.1 Å². The van der Waals surface area contributed by atoms with Crippen LogP contribution in [0.1, 0.15) is 59.4 Å². The first-order chi connectivity index (χ1) is 14.5. The van der Waals surface area contributed by atoms with E-state index in [2.05, 4.69) is 9.97 Å². The Labute approximate surface area is 191 Å².